The average molecular weight is 599 g/mol. The molecule has 3 atom stereocenters. The highest BCUT2D eigenvalue weighted by Crippen LogP contribution is 2.46. The Morgan fingerprint density at radius 3 is 2.26 bits per heavy atom. The predicted octanol–water partition coefficient (Wildman–Crippen LogP) is 8.83. The van der Waals surface area contributed by atoms with Crippen LogP contribution in [0.15, 0.2) is 105 Å². The Bertz CT molecular complexity index is 1520. The van der Waals surface area contributed by atoms with E-state index in [-0.39, 0.29) is 23.5 Å². The lowest BCUT2D eigenvalue weighted by Crippen LogP contribution is -2.37. The second kappa shape index (κ2) is 13.6. The number of carbonyl (C=O) groups excluding carboxylic acids is 3. The molecule has 3 aromatic rings. The molecule has 0 bridgehead atoms. The minimum atomic E-state index is -0.567. The molecular weight excluding hydrogens is 565 g/mol. The van der Waals surface area contributed by atoms with E-state index in [2.05, 4.69) is 6.92 Å². The number of carbonyl (C=O) groups is 3. The largest absolute Gasteiger partial charge is 0.497 e. The molecule has 3 aromatic carbocycles. The van der Waals surface area contributed by atoms with Gasteiger partial charge in [-0.3, -0.25) is 14.4 Å². The maximum atomic E-state index is 13.9. The van der Waals surface area contributed by atoms with Gasteiger partial charge in [-0.05, 0) is 61.0 Å². The third kappa shape index (κ3) is 6.58. The number of rotatable bonds is 11. The van der Waals surface area contributed by atoms with Crippen LogP contribution in [0.2, 0.25) is 0 Å². The van der Waals surface area contributed by atoms with Gasteiger partial charge >= 0.3 is 5.97 Å². The molecule has 2 aliphatic carbocycles. The van der Waals surface area contributed by atoms with E-state index in [9.17, 15) is 14.4 Å². The summed E-state index contributed by atoms with van der Waals surface area (Å²) in [7, 11) is 1.62. The van der Waals surface area contributed by atoms with Crippen LogP contribution in [-0.2, 0) is 4.79 Å². The number of thioether (sulfide) groups is 1. The van der Waals surface area contributed by atoms with Crippen molar-refractivity contribution < 1.29 is 23.9 Å². The van der Waals surface area contributed by atoms with Crippen LogP contribution in [-0.4, -0.2) is 24.6 Å². The maximum Gasteiger partial charge on any atom is 0.314 e. The van der Waals surface area contributed by atoms with Gasteiger partial charge in [0.2, 0.25) is 0 Å². The first-order valence-corrected chi connectivity index (χ1v) is 15.9. The van der Waals surface area contributed by atoms with Crippen molar-refractivity contribution in [2.75, 3.05) is 7.11 Å². The monoisotopic (exact) mass is 598 g/mol. The molecule has 0 saturated heterocycles. The van der Waals surface area contributed by atoms with Crippen LogP contribution in [0, 0.1) is 17.8 Å². The summed E-state index contributed by atoms with van der Waals surface area (Å²) in [6.07, 6.45) is 9.70. The summed E-state index contributed by atoms with van der Waals surface area (Å²) in [5.41, 5.74) is 0.965. The number of ether oxygens (including phenoxy) is 2. The molecule has 0 aromatic heterocycles. The summed E-state index contributed by atoms with van der Waals surface area (Å²) in [4.78, 5) is 43.7. The smallest absolute Gasteiger partial charge is 0.314 e. The van der Waals surface area contributed by atoms with Gasteiger partial charge in [0.05, 0.1) is 24.9 Å². The summed E-state index contributed by atoms with van der Waals surface area (Å²) in [5.74, 6) is -0.301. The summed E-state index contributed by atoms with van der Waals surface area (Å²) < 4.78 is 10.8. The molecule has 5 rings (SSSR count). The molecule has 0 radical (unpaired) electrons. The van der Waals surface area contributed by atoms with Crippen molar-refractivity contribution in [3.05, 3.63) is 101 Å². The molecule has 0 aliphatic heterocycles. The summed E-state index contributed by atoms with van der Waals surface area (Å²) in [6.45, 7) is 4.05. The highest BCUT2D eigenvalue weighted by molar-refractivity contribution is 8.03. The van der Waals surface area contributed by atoms with Crippen LogP contribution in [0.4, 0.5) is 0 Å². The first-order valence-electron chi connectivity index (χ1n) is 14.3. The molecule has 0 saturated carbocycles. The second-order valence-corrected chi connectivity index (χ2v) is 12.8. The number of hydrogen-bond acceptors (Lipinski definition) is 7. The number of hydrogen-bond donors (Lipinski definition) is 0. The quantitative estimate of drug-likeness (QED) is 0.124. The number of Topliss-reactive ketones (excluding diaryl/α,β-unsaturated/α-hetero) is 2. The number of unbranched alkanes of at least 4 members (excludes halogenated alkanes) is 2. The Morgan fingerprint density at radius 1 is 0.881 bits per heavy atom. The van der Waals surface area contributed by atoms with E-state index in [4.69, 9.17) is 9.47 Å². The number of methoxy groups -OCH3 is 1. The zero-order valence-corrected chi connectivity index (χ0v) is 25.6. The van der Waals surface area contributed by atoms with E-state index < -0.39 is 11.8 Å². The minimum absolute atomic E-state index is 0.0380. The topological polar surface area (TPSA) is 69.7 Å². The normalized spacial score (nSPS) is 18.1. The highest BCUT2D eigenvalue weighted by Gasteiger charge is 2.44. The van der Waals surface area contributed by atoms with Crippen molar-refractivity contribution in [3.63, 3.8) is 0 Å². The molecule has 216 valence electrons. The maximum absolute atomic E-state index is 13.9. The van der Waals surface area contributed by atoms with E-state index in [1.54, 1.807) is 25.3 Å². The van der Waals surface area contributed by atoms with Crippen molar-refractivity contribution >= 4 is 41.1 Å². The zero-order chi connectivity index (χ0) is 29.6. The number of fused-ring (bicyclic) bond motifs is 2. The van der Waals surface area contributed by atoms with Gasteiger partial charge in [-0.2, -0.15) is 0 Å². The van der Waals surface area contributed by atoms with Gasteiger partial charge in [0.1, 0.15) is 11.5 Å². The molecule has 0 amide bonds. The first kappa shape index (κ1) is 29.9. The number of allylic oxidation sites excluding steroid dienone is 4. The second-order valence-electron chi connectivity index (χ2n) is 10.5. The van der Waals surface area contributed by atoms with Gasteiger partial charge in [0, 0.05) is 30.7 Å². The summed E-state index contributed by atoms with van der Waals surface area (Å²) in [6, 6.07) is 20.5. The molecule has 5 nitrogen and oxygen atoms in total. The number of benzene rings is 3. The SMILES string of the molecule is CCCCCC(C)C(=O)Oc1ccc(SC2=CC=CC3C(=O)c4c(Sc5ccc(OC)cc5)cccc4C(=O)[C@H]23)cc1. The van der Waals surface area contributed by atoms with Crippen LogP contribution in [0.25, 0.3) is 0 Å². The van der Waals surface area contributed by atoms with Crippen molar-refractivity contribution in [2.45, 2.75) is 54.2 Å². The summed E-state index contributed by atoms with van der Waals surface area (Å²) >= 11 is 2.94. The first-order chi connectivity index (χ1) is 20.4. The predicted molar refractivity (Wildman–Crippen MR) is 168 cm³/mol. The Hall–Kier alpha value is -3.55. The Labute approximate surface area is 255 Å². The number of ketones is 2. The number of esters is 1. The lowest BCUT2D eigenvalue weighted by Gasteiger charge is -2.33. The van der Waals surface area contributed by atoms with Crippen LogP contribution < -0.4 is 9.47 Å². The van der Waals surface area contributed by atoms with E-state index in [0.717, 1.165) is 51.0 Å². The van der Waals surface area contributed by atoms with Crippen molar-refractivity contribution in [2.24, 2.45) is 17.8 Å². The molecule has 2 aliphatic rings. The molecular formula is C35H34O5S2. The lowest BCUT2D eigenvalue weighted by molar-refractivity contribution is -0.138. The Morgan fingerprint density at radius 2 is 1.57 bits per heavy atom. The fourth-order valence-electron chi connectivity index (χ4n) is 5.22. The standard InChI is InChI=1S/C35H34O5S2/c1-4-5-6-9-22(2)35(38)40-24-16-20-26(21-17-24)42-30-13-8-11-28-32(30)34(37)27-10-7-12-29(31(27)33(28)36)41-25-18-14-23(39-3)15-19-25/h7-8,10-22,28,32H,4-6,9H2,1-3H3/t22?,28?,32-/m0/s1. The van der Waals surface area contributed by atoms with Gasteiger partial charge in [0.25, 0.3) is 0 Å². The van der Waals surface area contributed by atoms with Gasteiger partial charge in [0.15, 0.2) is 11.6 Å². The van der Waals surface area contributed by atoms with E-state index in [0.29, 0.717) is 16.9 Å². The third-order valence-corrected chi connectivity index (χ3v) is 9.78. The fraction of sp³-hybridized carbons (Fsp3) is 0.286. The van der Waals surface area contributed by atoms with Crippen LogP contribution in [0.1, 0.15) is 60.2 Å². The van der Waals surface area contributed by atoms with Gasteiger partial charge in [-0.25, -0.2) is 0 Å². The lowest BCUT2D eigenvalue weighted by atomic mass is 9.72. The van der Waals surface area contributed by atoms with Crippen molar-refractivity contribution in [1.82, 2.24) is 0 Å². The van der Waals surface area contributed by atoms with E-state index in [1.807, 2.05) is 73.7 Å². The van der Waals surface area contributed by atoms with E-state index >= 15 is 0 Å². The molecule has 0 spiro atoms. The molecule has 0 N–H and O–H groups in total. The molecule has 0 fully saturated rings. The van der Waals surface area contributed by atoms with Crippen LogP contribution in [0.3, 0.4) is 0 Å². The summed E-state index contributed by atoms with van der Waals surface area (Å²) in [5, 5.41) is 0. The molecule has 42 heavy (non-hydrogen) atoms. The Balaban J connectivity index is 1.30. The van der Waals surface area contributed by atoms with Gasteiger partial charge < -0.3 is 9.47 Å². The zero-order valence-electron chi connectivity index (χ0n) is 24.0. The fourth-order valence-corrected chi connectivity index (χ4v) is 7.27. The third-order valence-electron chi connectivity index (χ3n) is 7.58. The molecule has 0 heterocycles. The highest BCUT2D eigenvalue weighted by atomic mass is 32.2. The van der Waals surface area contributed by atoms with Crippen molar-refractivity contribution in [3.8, 4) is 11.5 Å². The van der Waals surface area contributed by atoms with Gasteiger partial charge in [-0.1, -0.05) is 87.0 Å². The molecule has 7 heteroatoms. The average Bonchev–Trinajstić information content (AvgIpc) is 3.01. The van der Waals surface area contributed by atoms with E-state index in [1.165, 1.54) is 23.5 Å². The minimum Gasteiger partial charge on any atom is -0.497 e. The van der Waals surface area contributed by atoms with Crippen LogP contribution >= 0.6 is 23.5 Å². The Kier molecular flexibility index (Phi) is 9.70. The van der Waals surface area contributed by atoms with Crippen LogP contribution in [0.5, 0.6) is 11.5 Å². The van der Waals surface area contributed by atoms with Gasteiger partial charge in [-0.15, -0.1) is 0 Å². The molecule has 2 unspecified atom stereocenters. The van der Waals surface area contributed by atoms with Crippen molar-refractivity contribution in [1.29, 1.82) is 0 Å².